The average Bonchev–Trinajstić information content (AvgIpc) is 2.88. The molecule has 1 amide bonds. The lowest BCUT2D eigenvalue weighted by Crippen LogP contribution is -2.35. The van der Waals surface area contributed by atoms with Crippen molar-refractivity contribution in [2.24, 2.45) is 0 Å². The van der Waals surface area contributed by atoms with Gasteiger partial charge in [-0.25, -0.2) is 18.2 Å². The van der Waals surface area contributed by atoms with Crippen molar-refractivity contribution in [3.8, 4) is 12.3 Å². The van der Waals surface area contributed by atoms with Crippen molar-refractivity contribution in [2.45, 2.75) is 18.5 Å². The van der Waals surface area contributed by atoms with E-state index in [2.05, 4.69) is 22.6 Å². The highest BCUT2D eigenvalue weighted by Gasteiger charge is 2.22. The molecule has 0 aliphatic rings. The van der Waals surface area contributed by atoms with Crippen LogP contribution in [0, 0.1) is 12.3 Å². The first-order valence-electron chi connectivity index (χ1n) is 5.94. The Labute approximate surface area is 118 Å². The molecule has 0 N–H and O–H groups in total. The van der Waals surface area contributed by atoms with Crippen molar-refractivity contribution in [3.63, 3.8) is 0 Å². The van der Waals surface area contributed by atoms with Crippen molar-refractivity contribution < 1.29 is 13.2 Å². The normalized spacial score (nSPS) is 10.8. The lowest BCUT2D eigenvalue weighted by Gasteiger charge is -2.16. The van der Waals surface area contributed by atoms with Gasteiger partial charge in [-0.15, -0.1) is 18.1 Å². The van der Waals surface area contributed by atoms with E-state index < -0.39 is 15.9 Å². The van der Waals surface area contributed by atoms with E-state index in [1.54, 1.807) is 6.92 Å². The van der Waals surface area contributed by atoms with E-state index in [9.17, 15) is 13.2 Å². The van der Waals surface area contributed by atoms with E-state index in [0.29, 0.717) is 6.42 Å². The number of aromatic nitrogens is 3. The number of amides is 1. The highest BCUT2D eigenvalue weighted by molar-refractivity contribution is 7.91. The van der Waals surface area contributed by atoms with Gasteiger partial charge in [-0.2, -0.15) is 4.68 Å². The maximum atomic E-state index is 12.1. The maximum absolute atomic E-state index is 12.1. The third-order valence-corrected chi connectivity index (χ3v) is 4.01. The Morgan fingerprint density at radius 2 is 2.35 bits per heavy atom. The van der Waals surface area contributed by atoms with Crippen LogP contribution in [0.3, 0.4) is 0 Å². The van der Waals surface area contributed by atoms with Crippen LogP contribution < -0.4 is 0 Å². The van der Waals surface area contributed by atoms with Gasteiger partial charge in [-0.05, 0) is 6.42 Å². The van der Waals surface area contributed by atoms with Crippen LogP contribution in [0.5, 0.6) is 0 Å². The maximum Gasteiger partial charge on any atom is 0.347 e. The standard InChI is InChI=1S/C12H16N4O3S/c1-4-7-15(8-5-2)12(17)16-10-13-11(14-16)20(18,19)9-6-3/h1,5,10H,2,6-9H2,3H3. The lowest BCUT2D eigenvalue weighted by atomic mass is 10.5. The number of carbonyl (C=O) groups excluding carboxylic acids is 1. The van der Waals surface area contributed by atoms with Crippen LogP contribution in [-0.4, -0.2) is 53.0 Å². The quantitative estimate of drug-likeness (QED) is 0.565. The van der Waals surface area contributed by atoms with Gasteiger partial charge >= 0.3 is 6.03 Å². The summed E-state index contributed by atoms with van der Waals surface area (Å²) in [6.45, 7) is 5.57. The predicted octanol–water partition coefficient (Wildman–Crippen LogP) is 0.551. The van der Waals surface area contributed by atoms with Crippen LogP contribution in [0.4, 0.5) is 4.79 Å². The predicted molar refractivity (Wildman–Crippen MR) is 73.8 cm³/mol. The Bertz CT molecular complexity index is 627. The molecule has 1 aromatic heterocycles. The molecule has 0 bridgehead atoms. The van der Waals surface area contributed by atoms with Crippen molar-refractivity contribution in [1.82, 2.24) is 19.7 Å². The molecule has 0 atom stereocenters. The molecule has 0 aliphatic carbocycles. The number of carbonyl (C=O) groups is 1. The summed E-state index contributed by atoms with van der Waals surface area (Å²) < 4.78 is 24.4. The summed E-state index contributed by atoms with van der Waals surface area (Å²) in [5.74, 6) is 2.27. The Balaban J connectivity index is 2.99. The third-order valence-electron chi connectivity index (χ3n) is 2.32. The SMILES string of the molecule is C#CCN(CC=C)C(=O)n1cnc(S(=O)(=O)CCC)n1. The molecule has 0 saturated heterocycles. The second kappa shape index (κ2) is 6.86. The van der Waals surface area contributed by atoms with Gasteiger partial charge < -0.3 is 4.90 Å². The highest BCUT2D eigenvalue weighted by Crippen LogP contribution is 2.06. The zero-order chi connectivity index (χ0) is 15.2. The molecule has 0 spiro atoms. The van der Waals surface area contributed by atoms with E-state index in [4.69, 9.17) is 6.42 Å². The summed E-state index contributed by atoms with van der Waals surface area (Å²) in [6, 6.07) is -0.548. The first-order chi connectivity index (χ1) is 9.46. The number of hydrogen-bond donors (Lipinski definition) is 0. The molecule has 8 heteroatoms. The number of sulfone groups is 1. The van der Waals surface area contributed by atoms with Crippen LogP contribution in [0.25, 0.3) is 0 Å². The van der Waals surface area contributed by atoms with E-state index in [1.165, 1.54) is 11.0 Å². The minimum absolute atomic E-state index is 0.0636. The summed E-state index contributed by atoms with van der Waals surface area (Å²) in [5.41, 5.74) is 0. The largest absolute Gasteiger partial charge is 0.347 e. The Morgan fingerprint density at radius 1 is 1.65 bits per heavy atom. The first-order valence-corrected chi connectivity index (χ1v) is 7.59. The van der Waals surface area contributed by atoms with Gasteiger partial charge in [0.15, 0.2) is 0 Å². The number of terminal acetylenes is 1. The number of rotatable bonds is 6. The fourth-order valence-electron chi connectivity index (χ4n) is 1.46. The Kier molecular flexibility index (Phi) is 5.46. The molecule has 0 fully saturated rings. The van der Waals surface area contributed by atoms with Crippen LogP contribution in [0.1, 0.15) is 13.3 Å². The van der Waals surface area contributed by atoms with Crippen LogP contribution >= 0.6 is 0 Å². The van der Waals surface area contributed by atoms with E-state index in [0.717, 1.165) is 11.0 Å². The van der Waals surface area contributed by atoms with E-state index in [-0.39, 0.29) is 24.0 Å². The van der Waals surface area contributed by atoms with Crippen LogP contribution in [-0.2, 0) is 9.84 Å². The molecule has 7 nitrogen and oxygen atoms in total. The van der Waals surface area contributed by atoms with Gasteiger partial charge in [0, 0.05) is 6.54 Å². The molecular weight excluding hydrogens is 280 g/mol. The molecule has 0 aliphatic heterocycles. The molecule has 1 aromatic rings. The minimum atomic E-state index is -3.55. The zero-order valence-electron chi connectivity index (χ0n) is 11.2. The van der Waals surface area contributed by atoms with Gasteiger partial charge in [0.05, 0.1) is 12.3 Å². The van der Waals surface area contributed by atoms with Crippen molar-refractivity contribution in [1.29, 1.82) is 0 Å². The summed E-state index contributed by atoms with van der Waals surface area (Å²) in [4.78, 5) is 17.0. The topological polar surface area (TPSA) is 85.2 Å². The minimum Gasteiger partial charge on any atom is -0.308 e. The molecule has 0 aromatic carbocycles. The first kappa shape index (κ1) is 15.9. The molecular formula is C12H16N4O3S. The Hall–Kier alpha value is -2.14. The van der Waals surface area contributed by atoms with Crippen molar-refractivity contribution >= 4 is 15.9 Å². The fourth-order valence-corrected chi connectivity index (χ4v) is 2.60. The summed E-state index contributed by atoms with van der Waals surface area (Å²) >= 11 is 0. The van der Waals surface area contributed by atoms with E-state index >= 15 is 0 Å². The van der Waals surface area contributed by atoms with Gasteiger partial charge in [0.2, 0.25) is 9.84 Å². The van der Waals surface area contributed by atoms with Gasteiger partial charge in [-0.3, -0.25) is 0 Å². The van der Waals surface area contributed by atoms with Crippen molar-refractivity contribution in [3.05, 3.63) is 19.0 Å². The smallest absolute Gasteiger partial charge is 0.308 e. The van der Waals surface area contributed by atoms with Crippen LogP contribution in [0.2, 0.25) is 0 Å². The Morgan fingerprint density at radius 3 is 2.90 bits per heavy atom. The monoisotopic (exact) mass is 296 g/mol. The molecule has 1 heterocycles. The van der Waals surface area contributed by atoms with Gasteiger partial charge in [0.1, 0.15) is 6.33 Å². The van der Waals surface area contributed by atoms with Gasteiger partial charge in [-0.1, -0.05) is 18.9 Å². The third kappa shape index (κ3) is 3.68. The van der Waals surface area contributed by atoms with Gasteiger partial charge in [0.25, 0.3) is 5.16 Å². The van der Waals surface area contributed by atoms with Crippen molar-refractivity contribution in [2.75, 3.05) is 18.8 Å². The average molecular weight is 296 g/mol. The molecule has 0 saturated carbocycles. The summed E-state index contributed by atoms with van der Waals surface area (Å²) in [7, 11) is -3.55. The second-order valence-electron chi connectivity index (χ2n) is 3.95. The second-order valence-corrected chi connectivity index (χ2v) is 5.95. The summed E-state index contributed by atoms with van der Waals surface area (Å²) in [5, 5.41) is 3.35. The van der Waals surface area contributed by atoms with E-state index in [1.807, 2.05) is 0 Å². The van der Waals surface area contributed by atoms with Crippen LogP contribution in [0.15, 0.2) is 24.1 Å². The molecule has 0 unspecified atom stereocenters. The molecule has 0 radical (unpaired) electrons. The zero-order valence-corrected chi connectivity index (χ0v) is 12.0. The fraction of sp³-hybridized carbons (Fsp3) is 0.417. The molecule has 20 heavy (non-hydrogen) atoms. The summed E-state index contributed by atoms with van der Waals surface area (Å²) in [6.07, 6.45) is 8.20. The molecule has 108 valence electrons. The lowest BCUT2D eigenvalue weighted by molar-refractivity contribution is 0.207. The highest BCUT2D eigenvalue weighted by atomic mass is 32.2. The molecule has 1 rings (SSSR count). The number of nitrogens with zero attached hydrogens (tertiary/aromatic N) is 4. The number of hydrogen-bond acceptors (Lipinski definition) is 5.